The van der Waals surface area contributed by atoms with Gasteiger partial charge in [-0.3, -0.25) is 4.79 Å². The van der Waals surface area contributed by atoms with E-state index >= 15 is 0 Å². The maximum atomic E-state index is 8.36. The smallest absolute Gasteiger partial charge is 0.290 e. The van der Waals surface area contributed by atoms with Crippen molar-refractivity contribution in [3.63, 3.8) is 0 Å². The Hall–Kier alpha value is -0.530. The van der Waals surface area contributed by atoms with Crippen LogP contribution in [0.3, 0.4) is 0 Å². The molecule has 80 valence electrons. The van der Waals surface area contributed by atoms with Gasteiger partial charge in [0.05, 0.1) is 0 Å². The molecule has 2 heteroatoms. The van der Waals surface area contributed by atoms with Crippen molar-refractivity contribution in [2.24, 2.45) is 5.41 Å². The number of rotatable bonds is 1. The van der Waals surface area contributed by atoms with Gasteiger partial charge in [0.25, 0.3) is 6.47 Å². The Kier molecular flexibility index (Phi) is 11.0. The molecule has 13 heavy (non-hydrogen) atoms. The maximum Gasteiger partial charge on any atom is 0.290 e. The van der Waals surface area contributed by atoms with E-state index < -0.39 is 0 Å². The van der Waals surface area contributed by atoms with E-state index in [0.29, 0.717) is 0 Å². The lowest BCUT2D eigenvalue weighted by Gasteiger charge is -2.19. The minimum atomic E-state index is -0.250. The van der Waals surface area contributed by atoms with Crippen LogP contribution in [0, 0.1) is 5.41 Å². The van der Waals surface area contributed by atoms with Gasteiger partial charge in [0, 0.05) is 0 Å². The molecule has 0 saturated heterocycles. The lowest BCUT2D eigenvalue weighted by Crippen LogP contribution is -2.07. The van der Waals surface area contributed by atoms with Crippen LogP contribution < -0.4 is 0 Å². The highest BCUT2D eigenvalue weighted by Crippen LogP contribution is 2.39. The number of carbonyl (C=O) groups is 1. The monoisotopic (exact) mass is 188 g/mol. The van der Waals surface area contributed by atoms with Gasteiger partial charge in [0.1, 0.15) is 0 Å². The molecule has 0 spiro atoms. The molecule has 0 bridgehead atoms. The molecule has 0 aliphatic heterocycles. The molecule has 2 nitrogen and oxygen atoms in total. The van der Waals surface area contributed by atoms with E-state index in [2.05, 4.69) is 13.8 Å². The first kappa shape index (κ1) is 15.0. The van der Waals surface area contributed by atoms with Gasteiger partial charge in [-0.25, -0.2) is 0 Å². The second-order valence-corrected chi connectivity index (χ2v) is 3.48. The summed E-state index contributed by atoms with van der Waals surface area (Å²) in [5.41, 5.74) is 0.736. The molecule has 1 rings (SSSR count). The Morgan fingerprint density at radius 3 is 1.77 bits per heavy atom. The predicted octanol–water partition coefficient (Wildman–Crippen LogP) is 3.70. The third-order valence-electron chi connectivity index (χ3n) is 2.66. The predicted molar refractivity (Wildman–Crippen MR) is 56.9 cm³/mol. The van der Waals surface area contributed by atoms with E-state index in [1.165, 1.54) is 32.1 Å². The molecule has 0 aromatic heterocycles. The number of hydrogen-bond donors (Lipinski definition) is 1. The van der Waals surface area contributed by atoms with Crippen LogP contribution in [0.15, 0.2) is 0 Å². The average Bonchev–Trinajstić information content (AvgIpc) is 2.58. The Bertz CT molecular complexity index is 105. The van der Waals surface area contributed by atoms with Crippen LogP contribution in [0.2, 0.25) is 0 Å². The van der Waals surface area contributed by atoms with Gasteiger partial charge in [0.2, 0.25) is 0 Å². The minimum Gasteiger partial charge on any atom is -0.483 e. The topological polar surface area (TPSA) is 37.3 Å². The SMILES string of the molecule is CC.CCC1(C)CCCC1.O=CO. The van der Waals surface area contributed by atoms with Crippen LogP contribution in [-0.4, -0.2) is 11.6 Å². The van der Waals surface area contributed by atoms with Gasteiger partial charge in [-0.1, -0.05) is 47.0 Å². The van der Waals surface area contributed by atoms with Crippen LogP contribution in [0.4, 0.5) is 0 Å². The van der Waals surface area contributed by atoms with Gasteiger partial charge in [-0.05, 0) is 18.3 Å². The van der Waals surface area contributed by atoms with E-state index in [9.17, 15) is 0 Å². The fourth-order valence-electron chi connectivity index (χ4n) is 1.58. The molecular weight excluding hydrogens is 164 g/mol. The highest BCUT2D eigenvalue weighted by atomic mass is 16.3. The average molecular weight is 188 g/mol. The van der Waals surface area contributed by atoms with Gasteiger partial charge < -0.3 is 5.11 Å². The van der Waals surface area contributed by atoms with E-state index in [1.54, 1.807) is 0 Å². The molecule has 1 aliphatic carbocycles. The summed E-state index contributed by atoms with van der Waals surface area (Å²) in [7, 11) is 0. The standard InChI is InChI=1S/C8H16.C2H6.CH2O2/c1-3-8(2)6-4-5-7-8;1-2;2-1-3/h3-7H2,1-2H3;1-2H3;1H,(H,2,3). The minimum absolute atomic E-state index is 0.250. The molecule has 1 saturated carbocycles. The summed E-state index contributed by atoms with van der Waals surface area (Å²) in [6.45, 7) is 8.48. The van der Waals surface area contributed by atoms with Crippen molar-refractivity contribution < 1.29 is 9.90 Å². The molecule has 0 aromatic rings. The fraction of sp³-hybridized carbons (Fsp3) is 0.909. The Labute approximate surface area is 82.4 Å². The van der Waals surface area contributed by atoms with Gasteiger partial charge in [-0.2, -0.15) is 0 Å². The Morgan fingerprint density at radius 2 is 1.62 bits per heavy atom. The third kappa shape index (κ3) is 7.82. The Morgan fingerprint density at radius 1 is 1.31 bits per heavy atom. The van der Waals surface area contributed by atoms with E-state index in [0.717, 1.165) is 5.41 Å². The molecule has 0 heterocycles. The molecule has 0 aromatic carbocycles. The third-order valence-corrected chi connectivity index (χ3v) is 2.66. The largest absolute Gasteiger partial charge is 0.483 e. The van der Waals surface area contributed by atoms with Crippen molar-refractivity contribution in [1.82, 2.24) is 0 Å². The molecule has 1 N–H and O–H groups in total. The number of hydrogen-bond acceptors (Lipinski definition) is 1. The molecular formula is C11H24O2. The quantitative estimate of drug-likeness (QED) is 0.637. The summed E-state index contributed by atoms with van der Waals surface area (Å²) < 4.78 is 0. The van der Waals surface area contributed by atoms with E-state index in [1.807, 2.05) is 13.8 Å². The first-order valence-corrected chi connectivity index (χ1v) is 5.26. The van der Waals surface area contributed by atoms with Gasteiger partial charge >= 0.3 is 0 Å². The van der Waals surface area contributed by atoms with Crippen molar-refractivity contribution >= 4 is 6.47 Å². The zero-order valence-corrected chi connectivity index (χ0v) is 9.47. The summed E-state index contributed by atoms with van der Waals surface area (Å²) in [5.74, 6) is 0. The lowest BCUT2D eigenvalue weighted by atomic mass is 9.86. The van der Waals surface area contributed by atoms with Crippen LogP contribution in [0.1, 0.15) is 59.8 Å². The van der Waals surface area contributed by atoms with Crippen LogP contribution in [0.5, 0.6) is 0 Å². The zero-order chi connectivity index (χ0) is 10.7. The highest BCUT2D eigenvalue weighted by molar-refractivity contribution is 5.32. The van der Waals surface area contributed by atoms with Crippen LogP contribution in [-0.2, 0) is 4.79 Å². The lowest BCUT2D eigenvalue weighted by molar-refractivity contribution is -0.122. The zero-order valence-electron chi connectivity index (χ0n) is 9.47. The molecule has 0 amide bonds. The van der Waals surface area contributed by atoms with Crippen molar-refractivity contribution in [2.75, 3.05) is 0 Å². The first-order chi connectivity index (χ1) is 6.18. The summed E-state index contributed by atoms with van der Waals surface area (Å²) in [6.07, 6.45) is 7.29. The van der Waals surface area contributed by atoms with E-state index in [4.69, 9.17) is 9.90 Å². The van der Waals surface area contributed by atoms with Crippen molar-refractivity contribution in [3.8, 4) is 0 Å². The maximum absolute atomic E-state index is 8.36. The molecule has 1 aliphatic rings. The fourth-order valence-corrected chi connectivity index (χ4v) is 1.58. The summed E-state index contributed by atoms with van der Waals surface area (Å²) in [6, 6.07) is 0. The molecule has 0 radical (unpaired) electrons. The second-order valence-electron chi connectivity index (χ2n) is 3.48. The summed E-state index contributed by atoms with van der Waals surface area (Å²) >= 11 is 0. The van der Waals surface area contributed by atoms with Crippen LogP contribution in [0.25, 0.3) is 0 Å². The van der Waals surface area contributed by atoms with Gasteiger partial charge in [0.15, 0.2) is 0 Å². The molecule has 0 atom stereocenters. The number of carboxylic acid groups (broad SMARTS) is 1. The first-order valence-electron chi connectivity index (χ1n) is 5.26. The van der Waals surface area contributed by atoms with Crippen molar-refractivity contribution in [2.45, 2.75) is 59.8 Å². The van der Waals surface area contributed by atoms with Crippen molar-refractivity contribution in [1.29, 1.82) is 0 Å². The van der Waals surface area contributed by atoms with Gasteiger partial charge in [-0.15, -0.1) is 0 Å². The molecule has 0 unspecified atom stereocenters. The Balaban J connectivity index is 0. The highest BCUT2D eigenvalue weighted by Gasteiger charge is 2.25. The van der Waals surface area contributed by atoms with Crippen molar-refractivity contribution in [3.05, 3.63) is 0 Å². The second kappa shape index (κ2) is 9.56. The van der Waals surface area contributed by atoms with E-state index in [-0.39, 0.29) is 6.47 Å². The summed E-state index contributed by atoms with van der Waals surface area (Å²) in [5, 5.41) is 6.89. The molecule has 1 fully saturated rings. The summed E-state index contributed by atoms with van der Waals surface area (Å²) in [4.78, 5) is 8.36. The normalized spacial score (nSPS) is 17.5. The van der Waals surface area contributed by atoms with Crippen LogP contribution >= 0.6 is 0 Å².